The molecule has 0 radical (unpaired) electrons. The van der Waals surface area contributed by atoms with E-state index in [1.807, 2.05) is 19.9 Å². The topological polar surface area (TPSA) is 78.3 Å². The fourth-order valence-corrected chi connectivity index (χ4v) is 4.84. The van der Waals surface area contributed by atoms with Crippen LogP contribution in [0, 0.1) is 5.82 Å². The van der Waals surface area contributed by atoms with Gasteiger partial charge in [-0.15, -0.1) is 0 Å². The minimum absolute atomic E-state index is 0.0634. The molecule has 0 saturated carbocycles. The molecule has 2 aliphatic heterocycles. The van der Waals surface area contributed by atoms with Gasteiger partial charge in [-0.1, -0.05) is 44.1 Å². The van der Waals surface area contributed by atoms with Gasteiger partial charge in [0.15, 0.2) is 20.7 Å². The van der Waals surface area contributed by atoms with Gasteiger partial charge in [-0.05, 0) is 18.1 Å². The fourth-order valence-electron chi connectivity index (χ4n) is 3.89. The first-order chi connectivity index (χ1) is 17.8. The molecule has 0 bridgehead atoms. The number of benzene rings is 1. The molecule has 2 aliphatic rings. The summed E-state index contributed by atoms with van der Waals surface area (Å²) < 4.78 is 32.6. The van der Waals surface area contributed by atoms with Crippen LogP contribution in [-0.4, -0.2) is 49.5 Å². The Hall–Kier alpha value is -2.98. The lowest BCUT2D eigenvalue weighted by Crippen LogP contribution is -2.40. The van der Waals surface area contributed by atoms with Crippen molar-refractivity contribution in [3.05, 3.63) is 54.0 Å². The first-order valence-electron chi connectivity index (χ1n) is 13.1. The zero-order chi connectivity index (χ0) is 27.6. The van der Waals surface area contributed by atoms with Crippen molar-refractivity contribution in [2.75, 3.05) is 24.6 Å². The van der Waals surface area contributed by atoms with Crippen molar-refractivity contribution in [3.63, 3.8) is 0 Å². The monoisotopic (exact) mass is 542 g/mol. The normalized spacial score (nSPS) is 17.5. The largest absolute Gasteiger partial charge is 0.457 e. The SMILES string of the molecule is CC1(C)OC=C(CON=C2CCN(c3ncc(-c4cccc(CO[Si](C)(C)C(C)(C)C)c4F)cn3)CC2)O1. The molecule has 4 rings (SSSR count). The maximum Gasteiger partial charge on any atom is 0.244 e. The van der Waals surface area contributed by atoms with E-state index >= 15 is 4.39 Å². The molecule has 0 atom stereocenters. The highest BCUT2D eigenvalue weighted by Crippen LogP contribution is 2.37. The third-order valence-corrected chi connectivity index (χ3v) is 11.8. The van der Waals surface area contributed by atoms with Crippen LogP contribution in [0.5, 0.6) is 0 Å². The molecule has 1 aromatic carbocycles. The summed E-state index contributed by atoms with van der Waals surface area (Å²) in [6, 6.07) is 5.39. The van der Waals surface area contributed by atoms with Crippen LogP contribution < -0.4 is 4.90 Å². The molecule has 206 valence electrons. The van der Waals surface area contributed by atoms with Crippen LogP contribution in [0.2, 0.25) is 18.1 Å². The molecule has 3 heterocycles. The van der Waals surface area contributed by atoms with E-state index in [0.29, 0.717) is 28.4 Å². The highest BCUT2D eigenvalue weighted by atomic mass is 28.4. The summed E-state index contributed by atoms with van der Waals surface area (Å²) in [5.41, 5.74) is 2.65. The van der Waals surface area contributed by atoms with Gasteiger partial charge in [-0.25, -0.2) is 14.4 Å². The third-order valence-electron chi connectivity index (χ3n) is 7.30. The molecule has 8 nitrogen and oxygen atoms in total. The number of oxime groups is 1. The van der Waals surface area contributed by atoms with Crippen LogP contribution in [0.4, 0.5) is 10.3 Å². The van der Waals surface area contributed by atoms with Gasteiger partial charge in [0.2, 0.25) is 11.7 Å². The Kier molecular flexibility index (Phi) is 8.13. The van der Waals surface area contributed by atoms with Crippen molar-refractivity contribution in [1.82, 2.24) is 9.97 Å². The van der Waals surface area contributed by atoms with Crippen LogP contribution in [0.1, 0.15) is 53.0 Å². The predicted molar refractivity (Wildman–Crippen MR) is 149 cm³/mol. The summed E-state index contributed by atoms with van der Waals surface area (Å²) in [6.45, 7) is 16.5. The molecule has 1 saturated heterocycles. The first kappa shape index (κ1) is 28.0. The van der Waals surface area contributed by atoms with Crippen LogP contribution in [0.15, 0.2) is 47.8 Å². The Balaban J connectivity index is 1.32. The predicted octanol–water partition coefficient (Wildman–Crippen LogP) is 6.40. The molecule has 0 aliphatic carbocycles. The van der Waals surface area contributed by atoms with Gasteiger partial charge in [0.1, 0.15) is 12.1 Å². The van der Waals surface area contributed by atoms with Gasteiger partial charge < -0.3 is 23.6 Å². The minimum Gasteiger partial charge on any atom is -0.457 e. The number of hydrogen-bond acceptors (Lipinski definition) is 8. The number of rotatable bonds is 8. The summed E-state index contributed by atoms with van der Waals surface area (Å²) in [6.07, 6.45) is 6.43. The summed E-state index contributed by atoms with van der Waals surface area (Å²) >= 11 is 0. The van der Waals surface area contributed by atoms with Crippen LogP contribution >= 0.6 is 0 Å². The van der Waals surface area contributed by atoms with Gasteiger partial charge in [0.25, 0.3) is 0 Å². The molecule has 0 amide bonds. The molecule has 38 heavy (non-hydrogen) atoms. The maximum atomic E-state index is 15.4. The van der Waals surface area contributed by atoms with Crippen LogP contribution in [-0.2, 0) is 25.3 Å². The Bertz CT molecular complexity index is 1180. The van der Waals surface area contributed by atoms with Crippen molar-refractivity contribution < 1.29 is 23.1 Å². The van der Waals surface area contributed by atoms with E-state index in [0.717, 1.165) is 31.6 Å². The van der Waals surface area contributed by atoms with E-state index < -0.39 is 14.1 Å². The number of ether oxygens (including phenoxy) is 2. The first-order valence-corrected chi connectivity index (χ1v) is 16.0. The average molecular weight is 543 g/mol. The molecule has 1 aromatic heterocycles. The number of piperidine rings is 1. The second-order valence-electron chi connectivity index (χ2n) is 11.7. The van der Waals surface area contributed by atoms with Gasteiger partial charge in [-0.3, -0.25) is 0 Å². The van der Waals surface area contributed by atoms with E-state index in [1.165, 1.54) is 0 Å². The Morgan fingerprint density at radius 1 is 1.11 bits per heavy atom. The van der Waals surface area contributed by atoms with Gasteiger partial charge in [0.05, 0.1) is 12.3 Å². The summed E-state index contributed by atoms with van der Waals surface area (Å²) in [4.78, 5) is 16.6. The molecular formula is C28H39FN4O4Si. The molecule has 1 fully saturated rings. The number of nitrogens with zero attached hydrogens (tertiary/aromatic N) is 4. The lowest BCUT2D eigenvalue weighted by atomic mass is 10.1. The van der Waals surface area contributed by atoms with E-state index in [4.69, 9.17) is 18.7 Å². The van der Waals surface area contributed by atoms with E-state index in [9.17, 15) is 0 Å². The average Bonchev–Trinajstić information content (AvgIpc) is 3.21. The van der Waals surface area contributed by atoms with Crippen molar-refractivity contribution in [2.24, 2.45) is 5.16 Å². The van der Waals surface area contributed by atoms with Gasteiger partial charge in [0, 0.05) is 68.9 Å². The van der Waals surface area contributed by atoms with Crippen molar-refractivity contribution in [3.8, 4) is 11.1 Å². The van der Waals surface area contributed by atoms with E-state index in [2.05, 4.69) is 53.9 Å². The summed E-state index contributed by atoms with van der Waals surface area (Å²) in [7, 11) is -1.98. The number of aromatic nitrogens is 2. The Labute approximate surface area is 226 Å². The summed E-state index contributed by atoms with van der Waals surface area (Å²) in [5.74, 6) is 0.307. The van der Waals surface area contributed by atoms with Gasteiger partial charge >= 0.3 is 0 Å². The second kappa shape index (κ2) is 11.0. The number of anilines is 1. The smallest absolute Gasteiger partial charge is 0.244 e. The van der Waals surface area contributed by atoms with Crippen molar-refractivity contribution >= 4 is 20.0 Å². The maximum absolute atomic E-state index is 15.4. The zero-order valence-electron chi connectivity index (χ0n) is 23.5. The Morgan fingerprint density at radius 3 is 2.39 bits per heavy atom. The number of hydrogen-bond donors (Lipinski definition) is 0. The van der Waals surface area contributed by atoms with E-state index in [-0.39, 0.29) is 24.1 Å². The molecule has 0 unspecified atom stereocenters. The Morgan fingerprint density at radius 2 is 1.79 bits per heavy atom. The summed E-state index contributed by atoms with van der Waals surface area (Å²) in [5, 5.41) is 4.32. The third kappa shape index (κ3) is 6.71. The van der Waals surface area contributed by atoms with Crippen LogP contribution in [0.3, 0.4) is 0 Å². The van der Waals surface area contributed by atoms with Crippen molar-refractivity contribution in [1.29, 1.82) is 0 Å². The van der Waals surface area contributed by atoms with Crippen molar-refractivity contribution in [2.45, 2.75) is 78.0 Å². The zero-order valence-corrected chi connectivity index (χ0v) is 24.5. The molecule has 0 spiro atoms. The highest BCUT2D eigenvalue weighted by Gasteiger charge is 2.37. The van der Waals surface area contributed by atoms with Gasteiger partial charge in [-0.2, -0.15) is 0 Å². The minimum atomic E-state index is -1.98. The van der Waals surface area contributed by atoms with E-state index in [1.54, 1.807) is 30.8 Å². The standard InChI is InChI=1S/C28H39FN4O4Si/c1-27(2,3)38(6,7)36-17-20-9-8-10-24(25(20)29)21-15-30-26(31-16-21)33-13-11-22(12-14-33)32-35-19-23-18-34-28(4,5)37-23/h8-10,15-16,18H,11-14,17,19H2,1-7H3. The second-order valence-corrected chi connectivity index (χ2v) is 16.5. The molecule has 10 heteroatoms. The lowest BCUT2D eigenvalue weighted by molar-refractivity contribution is -0.121. The highest BCUT2D eigenvalue weighted by molar-refractivity contribution is 6.74. The lowest BCUT2D eigenvalue weighted by Gasteiger charge is -2.36. The molecular weight excluding hydrogens is 503 g/mol. The molecule has 0 N–H and O–H groups in total. The van der Waals surface area contributed by atoms with Crippen LogP contribution in [0.25, 0.3) is 11.1 Å². The number of halogens is 1. The fraction of sp³-hybridized carbons (Fsp3) is 0.536. The molecule has 2 aromatic rings. The quantitative estimate of drug-likeness (QED) is 0.282.